The third-order valence-corrected chi connectivity index (χ3v) is 3.12. The standard InChI is InChI=1S/C17H15N3O6/c1-11(21)18-13-5-7-14(8-6-13)19-16(22)10-26-17(23)12-3-2-4-15(9-12)20(24)25/h2-9H,10H2,1H3,(H,18,21)(H,19,22). The Morgan fingerprint density at radius 3 is 2.23 bits per heavy atom. The Balaban J connectivity index is 1.88. The number of rotatable bonds is 6. The Bertz CT molecular complexity index is 848. The minimum absolute atomic E-state index is 0.0216. The third-order valence-electron chi connectivity index (χ3n) is 3.12. The van der Waals surface area contributed by atoms with Gasteiger partial charge in [-0.05, 0) is 30.3 Å². The van der Waals surface area contributed by atoms with Gasteiger partial charge in [-0.3, -0.25) is 19.7 Å². The molecule has 2 rings (SSSR count). The van der Waals surface area contributed by atoms with Crippen LogP contribution in [-0.4, -0.2) is 29.3 Å². The van der Waals surface area contributed by atoms with E-state index < -0.39 is 23.4 Å². The zero-order valence-electron chi connectivity index (χ0n) is 13.7. The molecule has 0 fully saturated rings. The first-order valence-electron chi connectivity index (χ1n) is 7.44. The van der Waals surface area contributed by atoms with Gasteiger partial charge in [-0.15, -0.1) is 0 Å². The summed E-state index contributed by atoms with van der Waals surface area (Å²) in [4.78, 5) is 44.7. The lowest BCUT2D eigenvalue weighted by molar-refractivity contribution is -0.384. The van der Waals surface area contributed by atoms with E-state index in [4.69, 9.17) is 4.74 Å². The molecule has 2 N–H and O–H groups in total. The summed E-state index contributed by atoms with van der Waals surface area (Å²) < 4.78 is 4.84. The van der Waals surface area contributed by atoms with E-state index in [2.05, 4.69) is 10.6 Å². The summed E-state index contributed by atoms with van der Waals surface area (Å²) in [5.41, 5.74) is 0.762. The number of benzene rings is 2. The van der Waals surface area contributed by atoms with Gasteiger partial charge in [-0.2, -0.15) is 0 Å². The molecule has 0 aliphatic rings. The van der Waals surface area contributed by atoms with Crippen LogP contribution in [0.1, 0.15) is 17.3 Å². The Morgan fingerprint density at radius 2 is 1.65 bits per heavy atom. The van der Waals surface area contributed by atoms with Crippen LogP contribution in [0.25, 0.3) is 0 Å². The topological polar surface area (TPSA) is 128 Å². The number of anilines is 2. The molecule has 0 atom stereocenters. The normalized spacial score (nSPS) is 9.88. The van der Waals surface area contributed by atoms with Gasteiger partial charge >= 0.3 is 5.97 Å². The van der Waals surface area contributed by atoms with Crippen LogP contribution in [0, 0.1) is 10.1 Å². The molecule has 0 aromatic heterocycles. The van der Waals surface area contributed by atoms with E-state index in [0.29, 0.717) is 11.4 Å². The minimum atomic E-state index is -0.843. The molecular formula is C17H15N3O6. The maximum Gasteiger partial charge on any atom is 0.338 e. The van der Waals surface area contributed by atoms with Gasteiger partial charge in [0, 0.05) is 30.4 Å². The molecule has 2 aromatic carbocycles. The summed E-state index contributed by atoms with van der Waals surface area (Å²) in [5.74, 6) is -1.63. The van der Waals surface area contributed by atoms with Crippen molar-refractivity contribution < 1.29 is 24.0 Å². The lowest BCUT2D eigenvalue weighted by Crippen LogP contribution is -2.21. The molecular weight excluding hydrogens is 342 g/mol. The molecule has 0 heterocycles. The summed E-state index contributed by atoms with van der Waals surface area (Å²) in [7, 11) is 0. The average molecular weight is 357 g/mol. The van der Waals surface area contributed by atoms with Gasteiger partial charge in [0.05, 0.1) is 10.5 Å². The van der Waals surface area contributed by atoms with Crippen molar-refractivity contribution in [3.63, 3.8) is 0 Å². The van der Waals surface area contributed by atoms with Crippen LogP contribution in [-0.2, 0) is 14.3 Å². The van der Waals surface area contributed by atoms with Crippen LogP contribution in [0.4, 0.5) is 17.1 Å². The van der Waals surface area contributed by atoms with Crippen LogP contribution in [0.5, 0.6) is 0 Å². The molecule has 9 nitrogen and oxygen atoms in total. The first-order valence-corrected chi connectivity index (χ1v) is 7.44. The molecule has 0 radical (unpaired) electrons. The van der Waals surface area contributed by atoms with E-state index in [1.54, 1.807) is 24.3 Å². The maximum absolute atomic E-state index is 11.9. The average Bonchev–Trinajstić information content (AvgIpc) is 2.61. The quantitative estimate of drug-likeness (QED) is 0.464. The van der Waals surface area contributed by atoms with Gasteiger partial charge in [0.25, 0.3) is 11.6 Å². The van der Waals surface area contributed by atoms with Crippen LogP contribution in [0.2, 0.25) is 0 Å². The molecule has 134 valence electrons. The first-order chi connectivity index (χ1) is 12.3. The van der Waals surface area contributed by atoms with Gasteiger partial charge in [0.1, 0.15) is 0 Å². The fourth-order valence-electron chi connectivity index (χ4n) is 2.00. The van der Waals surface area contributed by atoms with Crippen molar-refractivity contribution >= 4 is 34.8 Å². The molecule has 26 heavy (non-hydrogen) atoms. The van der Waals surface area contributed by atoms with Gasteiger partial charge < -0.3 is 15.4 Å². The highest BCUT2D eigenvalue weighted by Crippen LogP contribution is 2.15. The van der Waals surface area contributed by atoms with E-state index in [0.717, 1.165) is 6.07 Å². The molecule has 0 unspecified atom stereocenters. The number of nitro groups is 1. The largest absolute Gasteiger partial charge is 0.452 e. The maximum atomic E-state index is 11.9. The van der Waals surface area contributed by atoms with Gasteiger partial charge in [-0.25, -0.2) is 4.79 Å². The second kappa shape index (κ2) is 8.38. The first kappa shape index (κ1) is 18.6. The van der Waals surface area contributed by atoms with Gasteiger partial charge in [0.2, 0.25) is 5.91 Å². The fraction of sp³-hybridized carbons (Fsp3) is 0.118. The van der Waals surface area contributed by atoms with E-state index in [9.17, 15) is 24.5 Å². The molecule has 2 amide bonds. The lowest BCUT2D eigenvalue weighted by atomic mass is 10.2. The highest BCUT2D eigenvalue weighted by atomic mass is 16.6. The SMILES string of the molecule is CC(=O)Nc1ccc(NC(=O)COC(=O)c2cccc([N+](=O)[O-])c2)cc1. The molecule has 2 aromatic rings. The molecule has 0 bridgehead atoms. The number of carbonyl (C=O) groups excluding carboxylic acids is 3. The number of ether oxygens (including phenoxy) is 1. The van der Waals surface area contributed by atoms with Crippen molar-refractivity contribution in [3.8, 4) is 0 Å². The molecule has 0 spiro atoms. The van der Waals surface area contributed by atoms with Gasteiger partial charge in [-0.1, -0.05) is 6.07 Å². The second-order valence-electron chi connectivity index (χ2n) is 5.19. The highest BCUT2D eigenvalue weighted by molar-refractivity contribution is 5.96. The number of esters is 1. The second-order valence-corrected chi connectivity index (χ2v) is 5.19. The van der Waals surface area contributed by atoms with Crippen molar-refractivity contribution in [2.45, 2.75) is 6.92 Å². The number of hydrogen-bond acceptors (Lipinski definition) is 6. The molecule has 0 aliphatic heterocycles. The zero-order chi connectivity index (χ0) is 19.1. The Labute approximate surface area is 148 Å². The number of nitrogens with zero attached hydrogens (tertiary/aromatic N) is 1. The summed E-state index contributed by atoms with van der Waals surface area (Å²) in [6.45, 7) is 0.834. The van der Waals surface area contributed by atoms with E-state index in [-0.39, 0.29) is 17.2 Å². The Kier molecular flexibility index (Phi) is 5.99. The Morgan fingerprint density at radius 1 is 1.04 bits per heavy atom. The lowest BCUT2D eigenvalue weighted by Gasteiger charge is -2.08. The van der Waals surface area contributed by atoms with Crippen molar-refractivity contribution in [1.29, 1.82) is 0 Å². The fourth-order valence-corrected chi connectivity index (χ4v) is 2.00. The molecule has 0 saturated heterocycles. The summed E-state index contributed by atoms with van der Waals surface area (Å²) in [6, 6.07) is 11.4. The van der Waals surface area contributed by atoms with Crippen molar-refractivity contribution in [2.75, 3.05) is 17.2 Å². The highest BCUT2D eigenvalue weighted by Gasteiger charge is 2.14. The molecule has 0 saturated carbocycles. The van der Waals surface area contributed by atoms with Crippen molar-refractivity contribution in [3.05, 3.63) is 64.2 Å². The Hall–Kier alpha value is -3.75. The van der Waals surface area contributed by atoms with Gasteiger partial charge in [0.15, 0.2) is 6.61 Å². The van der Waals surface area contributed by atoms with Crippen LogP contribution in [0.15, 0.2) is 48.5 Å². The monoisotopic (exact) mass is 357 g/mol. The third kappa shape index (κ3) is 5.41. The number of nitro benzene ring substituents is 1. The minimum Gasteiger partial charge on any atom is -0.452 e. The number of amides is 2. The van der Waals surface area contributed by atoms with E-state index in [1.165, 1.54) is 25.1 Å². The van der Waals surface area contributed by atoms with Crippen LogP contribution >= 0.6 is 0 Å². The number of carbonyl (C=O) groups is 3. The van der Waals surface area contributed by atoms with Crippen LogP contribution in [0.3, 0.4) is 0 Å². The summed E-state index contributed by atoms with van der Waals surface area (Å²) in [6.07, 6.45) is 0. The van der Waals surface area contributed by atoms with Crippen LogP contribution < -0.4 is 10.6 Å². The van der Waals surface area contributed by atoms with Crippen molar-refractivity contribution in [1.82, 2.24) is 0 Å². The number of non-ortho nitro benzene ring substituents is 1. The van der Waals surface area contributed by atoms with Crippen molar-refractivity contribution in [2.24, 2.45) is 0 Å². The predicted molar refractivity (Wildman–Crippen MR) is 92.8 cm³/mol. The molecule has 9 heteroatoms. The molecule has 0 aliphatic carbocycles. The number of nitrogens with one attached hydrogen (secondary N) is 2. The predicted octanol–water partition coefficient (Wildman–Crippen LogP) is 2.35. The number of hydrogen-bond donors (Lipinski definition) is 2. The smallest absolute Gasteiger partial charge is 0.338 e. The van der Waals surface area contributed by atoms with E-state index in [1.807, 2.05) is 0 Å². The summed E-state index contributed by atoms with van der Waals surface area (Å²) >= 11 is 0. The summed E-state index contributed by atoms with van der Waals surface area (Å²) in [5, 5.41) is 15.8. The zero-order valence-corrected chi connectivity index (χ0v) is 13.7. The van der Waals surface area contributed by atoms with E-state index >= 15 is 0 Å².